The molecule has 0 aliphatic heterocycles. The Morgan fingerprint density at radius 2 is 1.69 bits per heavy atom. The normalized spacial score (nSPS) is 12.8. The summed E-state index contributed by atoms with van der Waals surface area (Å²) in [6.07, 6.45) is 0.398. The van der Waals surface area contributed by atoms with Crippen LogP contribution >= 0.6 is 0 Å². The fourth-order valence-corrected chi connectivity index (χ4v) is 3.50. The number of furan rings is 1. The van der Waals surface area contributed by atoms with Crippen molar-refractivity contribution in [3.05, 3.63) is 59.0 Å². The minimum absolute atomic E-state index is 0.118. The van der Waals surface area contributed by atoms with E-state index in [9.17, 15) is 0 Å². The molecular formula is C22H27NO2Si. The maximum Gasteiger partial charge on any atom is 0.193 e. The van der Waals surface area contributed by atoms with Gasteiger partial charge < -0.3 is 8.84 Å². The fourth-order valence-electron chi connectivity index (χ4n) is 2.23. The van der Waals surface area contributed by atoms with Crippen LogP contribution in [0.1, 0.15) is 55.9 Å². The molecule has 0 fully saturated rings. The Bertz CT molecular complexity index is 839. The van der Waals surface area contributed by atoms with Crippen molar-refractivity contribution in [2.24, 2.45) is 0 Å². The molecule has 1 heterocycles. The van der Waals surface area contributed by atoms with Crippen molar-refractivity contribution < 1.29 is 8.84 Å². The van der Waals surface area contributed by atoms with Crippen LogP contribution in [0.5, 0.6) is 0 Å². The van der Waals surface area contributed by atoms with Gasteiger partial charge in [0.15, 0.2) is 8.32 Å². The average molecular weight is 366 g/mol. The molecule has 0 N–H and O–H groups in total. The Hall–Kier alpha value is -2.27. The van der Waals surface area contributed by atoms with Gasteiger partial charge in [-0.2, -0.15) is 5.26 Å². The van der Waals surface area contributed by atoms with Crippen LogP contribution in [-0.2, 0) is 4.43 Å². The molecule has 2 aromatic rings. The maximum atomic E-state index is 8.87. The predicted octanol–water partition coefficient (Wildman–Crippen LogP) is 5.96. The Balaban J connectivity index is 2.20. The second kappa shape index (κ2) is 7.95. The minimum Gasteiger partial charge on any atom is -0.464 e. The van der Waals surface area contributed by atoms with E-state index in [1.807, 2.05) is 31.2 Å². The van der Waals surface area contributed by atoms with Crippen LogP contribution in [-0.4, -0.2) is 8.32 Å². The van der Waals surface area contributed by atoms with Gasteiger partial charge in [0.2, 0.25) is 0 Å². The molecular weight excluding hydrogens is 338 g/mol. The Kier molecular flexibility index (Phi) is 6.13. The molecule has 1 unspecified atom stereocenters. The monoisotopic (exact) mass is 365 g/mol. The second-order valence-corrected chi connectivity index (χ2v) is 12.8. The number of hydrogen-bond donors (Lipinski definition) is 0. The van der Waals surface area contributed by atoms with E-state index in [4.69, 9.17) is 14.1 Å². The van der Waals surface area contributed by atoms with E-state index in [1.54, 1.807) is 12.1 Å². The molecule has 0 spiro atoms. The van der Waals surface area contributed by atoms with E-state index in [1.165, 1.54) is 0 Å². The number of nitrogens with zero attached hydrogens (tertiary/aromatic N) is 1. The Morgan fingerprint density at radius 1 is 1.08 bits per heavy atom. The van der Waals surface area contributed by atoms with Gasteiger partial charge in [-0.05, 0) is 61.5 Å². The van der Waals surface area contributed by atoms with Gasteiger partial charge in [0, 0.05) is 12.0 Å². The van der Waals surface area contributed by atoms with E-state index in [-0.39, 0.29) is 11.1 Å². The van der Waals surface area contributed by atoms with E-state index in [2.05, 4.69) is 51.8 Å². The van der Waals surface area contributed by atoms with Crippen LogP contribution in [0.25, 0.3) is 0 Å². The summed E-state index contributed by atoms with van der Waals surface area (Å²) in [6.45, 7) is 13.1. The molecule has 1 atom stereocenters. The molecule has 136 valence electrons. The molecule has 1 aromatic heterocycles. The predicted molar refractivity (Wildman–Crippen MR) is 107 cm³/mol. The minimum atomic E-state index is -1.95. The van der Waals surface area contributed by atoms with Gasteiger partial charge in [0.05, 0.1) is 11.6 Å². The van der Waals surface area contributed by atoms with Crippen LogP contribution in [0.2, 0.25) is 18.1 Å². The van der Waals surface area contributed by atoms with E-state index >= 15 is 0 Å². The van der Waals surface area contributed by atoms with Gasteiger partial charge in [0.25, 0.3) is 0 Å². The zero-order chi connectivity index (χ0) is 19.4. The lowest BCUT2D eigenvalue weighted by Gasteiger charge is -2.38. The first-order valence-electron chi connectivity index (χ1n) is 8.85. The molecule has 0 saturated carbocycles. The molecule has 0 amide bonds. The number of hydrogen-bond acceptors (Lipinski definition) is 3. The number of nitriles is 1. The molecule has 4 heteroatoms. The summed E-state index contributed by atoms with van der Waals surface area (Å²) < 4.78 is 12.4. The fraction of sp³-hybridized carbons (Fsp3) is 0.409. The van der Waals surface area contributed by atoms with Crippen molar-refractivity contribution >= 4 is 8.32 Å². The average Bonchev–Trinajstić information content (AvgIpc) is 3.00. The van der Waals surface area contributed by atoms with Crippen molar-refractivity contribution in [2.75, 3.05) is 0 Å². The smallest absolute Gasteiger partial charge is 0.193 e. The lowest BCUT2D eigenvalue weighted by Crippen LogP contribution is -2.41. The van der Waals surface area contributed by atoms with Crippen molar-refractivity contribution in [1.82, 2.24) is 0 Å². The molecule has 26 heavy (non-hydrogen) atoms. The topological polar surface area (TPSA) is 46.2 Å². The highest BCUT2D eigenvalue weighted by molar-refractivity contribution is 6.74. The molecule has 0 aliphatic carbocycles. The number of rotatable bonds is 4. The highest BCUT2D eigenvalue weighted by Crippen LogP contribution is 2.40. The van der Waals surface area contributed by atoms with Crippen molar-refractivity contribution in [2.45, 2.75) is 58.4 Å². The summed E-state index contributed by atoms with van der Waals surface area (Å²) in [5.74, 6) is 8.10. The zero-order valence-electron chi connectivity index (χ0n) is 16.5. The third kappa shape index (κ3) is 5.11. The van der Waals surface area contributed by atoms with Crippen LogP contribution in [0.15, 0.2) is 40.8 Å². The first kappa shape index (κ1) is 20.0. The van der Waals surface area contributed by atoms with Crippen molar-refractivity contribution in [1.29, 1.82) is 5.26 Å². The van der Waals surface area contributed by atoms with Crippen molar-refractivity contribution in [3.63, 3.8) is 0 Å². The largest absolute Gasteiger partial charge is 0.464 e. The standard InChI is InChI=1S/C22H27NO2Si/c1-17-10-15-20(24-17)21(25-26(5,6)22(2,3)4)9-7-8-18-11-13-19(16-23)14-12-18/h10-15,21H,9H2,1-6H3. The van der Waals surface area contributed by atoms with Gasteiger partial charge in [-0.15, -0.1) is 0 Å². The Morgan fingerprint density at radius 3 is 2.19 bits per heavy atom. The van der Waals surface area contributed by atoms with Crippen LogP contribution in [0.3, 0.4) is 0 Å². The summed E-state index contributed by atoms with van der Waals surface area (Å²) in [5, 5.41) is 8.99. The van der Waals surface area contributed by atoms with Crippen LogP contribution < -0.4 is 0 Å². The highest BCUT2D eigenvalue weighted by atomic mass is 28.4. The second-order valence-electron chi connectivity index (χ2n) is 8.01. The molecule has 0 radical (unpaired) electrons. The van der Waals surface area contributed by atoms with Gasteiger partial charge >= 0.3 is 0 Å². The number of aryl methyl sites for hydroxylation is 1. The molecule has 0 saturated heterocycles. The van der Waals surface area contributed by atoms with Crippen LogP contribution in [0.4, 0.5) is 0 Å². The lowest BCUT2D eigenvalue weighted by molar-refractivity contribution is 0.160. The summed E-state index contributed by atoms with van der Waals surface area (Å²) in [7, 11) is -1.95. The first-order chi connectivity index (χ1) is 12.1. The summed E-state index contributed by atoms with van der Waals surface area (Å²) in [4.78, 5) is 0. The first-order valence-corrected chi connectivity index (χ1v) is 11.8. The van der Waals surface area contributed by atoms with Gasteiger partial charge in [-0.1, -0.05) is 32.6 Å². The van der Waals surface area contributed by atoms with E-state index < -0.39 is 8.32 Å². The molecule has 1 aromatic carbocycles. The van der Waals surface area contributed by atoms with Gasteiger partial charge in [0.1, 0.15) is 17.6 Å². The van der Waals surface area contributed by atoms with Gasteiger partial charge in [-0.3, -0.25) is 0 Å². The summed E-state index contributed by atoms with van der Waals surface area (Å²) in [5.41, 5.74) is 1.53. The Labute approximate surface area is 158 Å². The highest BCUT2D eigenvalue weighted by Gasteiger charge is 2.39. The SMILES string of the molecule is Cc1ccc(C(CC#Cc2ccc(C#N)cc2)O[Si](C)(C)C(C)(C)C)o1. The molecule has 3 nitrogen and oxygen atoms in total. The van der Waals surface area contributed by atoms with Gasteiger partial charge in [-0.25, -0.2) is 0 Å². The summed E-state index contributed by atoms with van der Waals surface area (Å²) >= 11 is 0. The number of benzene rings is 1. The zero-order valence-corrected chi connectivity index (χ0v) is 17.5. The van der Waals surface area contributed by atoms with E-state index in [0.29, 0.717) is 12.0 Å². The lowest BCUT2D eigenvalue weighted by atomic mass is 10.1. The van der Waals surface area contributed by atoms with Crippen molar-refractivity contribution in [3.8, 4) is 17.9 Å². The summed E-state index contributed by atoms with van der Waals surface area (Å²) in [6, 6.07) is 13.4. The quantitative estimate of drug-likeness (QED) is 0.496. The molecule has 0 aliphatic rings. The maximum absolute atomic E-state index is 8.87. The molecule has 2 rings (SSSR count). The third-order valence-electron chi connectivity index (χ3n) is 4.86. The van der Waals surface area contributed by atoms with Crippen LogP contribution in [0, 0.1) is 30.1 Å². The van der Waals surface area contributed by atoms with E-state index in [0.717, 1.165) is 17.1 Å². The molecule has 0 bridgehead atoms. The third-order valence-corrected chi connectivity index (χ3v) is 9.34.